The first-order valence-corrected chi connectivity index (χ1v) is 8.64. The van der Waals surface area contributed by atoms with Crippen molar-refractivity contribution in [1.82, 2.24) is 10.2 Å². The highest BCUT2D eigenvalue weighted by Crippen LogP contribution is 2.24. The largest absolute Gasteiger partial charge is 0.352 e. The minimum absolute atomic E-state index is 0. The molecule has 0 saturated heterocycles. The number of hydrogen-bond acceptors (Lipinski definition) is 4. The first kappa shape index (κ1) is 20.6. The summed E-state index contributed by atoms with van der Waals surface area (Å²) in [6.07, 6.45) is 1.28. The smallest absolute Gasteiger partial charge is 0.261 e. The van der Waals surface area contributed by atoms with Gasteiger partial charge < -0.3 is 11.1 Å². The average Bonchev–Trinajstić information content (AvgIpc) is 2.91. The highest BCUT2D eigenvalue weighted by Gasteiger charge is 2.35. The molecule has 0 atom stereocenters. The van der Waals surface area contributed by atoms with Gasteiger partial charge in [0.05, 0.1) is 11.1 Å². The van der Waals surface area contributed by atoms with E-state index >= 15 is 0 Å². The van der Waals surface area contributed by atoms with Gasteiger partial charge in [-0.15, -0.1) is 12.4 Å². The molecule has 0 fully saturated rings. The van der Waals surface area contributed by atoms with Gasteiger partial charge in [-0.3, -0.25) is 19.3 Å². The van der Waals surface area contributed by atoms with E-state index in [2.05, 4.69) is 5.32 Å². The van der Waals surface area contributed by atoms with Crippen LogP contribution in [0.5, 0.6) is 0 Å². The SMILES string of the molecule is Cl.NCCCNC(=O)c1ccc2c(c1)C(=O)N(CCc1ccccc1)C2=O. The molecule has 3 N–H and O–H groups in total. The van der Waals surface area contributed by atoms with Gasteiger partial charge in [-0.25, -0.2) is 0 Å². The number of imide groups is 1. The van der Waals surface area contributed by atoms with Gasteiger partial charge in [0.2, 0.25) is 0 Å². The van der Waals surface area contributed by atoms with Crippen molar-refractivity contribution in [3.05, 3.63) is 70.8 Å². The fourth-order valence-electron chi connectivity index (χ4n) is 2.93. The number of fused-ring (bicyclic) bond motifs is 1. The van der Waals surface area contributed by atoms with Gasteiger partial charge in [0, 0.05) is 18.7 Å². The standard InChI is InChI=1S/C20H21N3O3.ClH/c21-10-4-11-22-18(24)15-7-8-16-17(13-15)20(26)23(19(16)25)12-9-14-5-2-1-3-6-14;/h1-3,5-8,13H,4,9-12,21H2,(H,22,24);1H. The molecule has 3 rings (SSSR count). The van der Waals surface area contributed by atoms with Crippen molar-refractivity contribution in [2.45, 2.75) is 12.8 Å². The third-order valence-corrected chi connectivity index (χ3v) is 4.37. The number of nitrogens with zero attached hydrogens (tertiary/aromatic N) is 1. The molecule has 3 amide bonds. The number of halogens is 1. The minimum atomic E-state index is -0.350. The van der Waals surface area contributed by atoms with E-state index in [4.69, 9.17) is 5.73 Å². The summed E-state index contributed by atoms with van der Waals surface area (Å²) < 4.78 is 0. The second-order valence-electron chi connectivity index (χ2n) is 6.16. The van der Waals surface area contributed by atoms with E-state index in [1.54, 1.807) is 12.1 Å². The lowest BCUT2D eigenvalue weighted by Gasteiger charge is -2.13. The summed E-state index contributed by atoms with van der Waals surface area (Å²) in [6.45, 7) is 1.28. The summed E-state index contributed by atoms with van der Waals surface area (Å²) >= 11 is 0. The zero-order chi connectivity index (χ0) is 18.5. The van der Waals surface area contributed by atoms with Crippen LogP contribution in [0.15, 0.2) is 48.5 Å². The van der Waals surface area contributed by atoms with Crippen molar-refractivity contribution in [3.63, 3.8) is 0 Å². The van der Waals surface area contributed by atoms with E-state index in [1.807, 2.05) is 30.3 Å². The number of amides is 3. The monoisotopic (exact) mass is 387 g/mol. The van der Waals surface area contributed by atoms with Crippen molar-refractivity contribution < 1.29 is 14.4 Å². The maximum absolute atomic E-state index is 12.6. The Bertz CT molecular complexity index is 840. The van der Waals surface area contributed by atoms with Gasteiger partial charge in [-0.05, 0) is 43.1 Å². The number of nitrogens with one attached hydrogen (secondary N) is 1. The Labute approximate surface area is 164 Å². The molecule has 2 aromatic rings. The fourth-order valence-corrected chi connectivity index (χ4v) is 2.93. The molecular weight excluding hydrogens is 366 g/mol. The lowest BCUT2D eigenvalue weighted by atomic mass is 10.1. The van der Waals surface area contributed by atoms with E-state index in [0.29, 0.717) is 43.6 Å². The van der Waals surface area contributed by atoms with Crippen molar-refractivity contribution in [2.75, 3.05) is 19.6 Å². The van der Waals surface area contributed by atoms with Crippen LogP contribution in [0.3, 0.4) is 0 Å². The molecule has 1 aliphatic heterocycles. The Balaban J connectivity index is 0.00000261. The van der Waals surface area contributed by atoms with E-state index in [0.717, 1.165) is 5.56 Å². The number of benzene rings is 2. The summed E-state index contributed by atoms with van der Waals surface area (Å²) in [4.78, 5) is 38.5. The molecule has 0 bridgehead atoms. The predicted octanol–water partition coefficient (Wildman–Crippen LogP) is 2.03. The quantitative estimate of drug-likeness (QED) is 0.561. The van der Waals surface area contributed by atoms with Crippen LogP contribution in [0.1, 0.15) is 43.1 Å². The number of carbonyl (C=O) groups excluding carboxylic acids is 3. The van der Waals surface area contributed by atoms with Crippen LogP contribution in [0.2, 0.25) is 0 Å². The summed E-state index contributed by atoms with van der Waals surface area (Å²) in [5, 5.41) is 2.75. The summed E-state index contributed by atoms with van der Waals surface area (Å²) in [7, 11) is 0. The maximum atomic E-state index is 12.6. The maximum Gasteiger partial charge on any atom is 0.261 e. The third kappa shape index (κ3) is 4.53. The Morgan fingerprint density at radius 1 is 1.00 bits per heavy atom. The van der Waals surface area contributed by atoms with Gasteiger partial charge in [-0.2, -0.15) is 0 Å². The minimum Gasteiger partial charge on any atom is -0.352 e. The van der Waals surface area contributed by atoms with Gasteiger partial charge in [0.1, 0.15) is 0 Å². The lowest BCUT2D eigenvalue weighted by Crippen LogP contribution is -2.31. The topological polar surface area (TPSA) is 92.5 Å². The second kappa shape index (κ2) is 9.30. The average molecular weight is 388 g/mol. The number of rotatable bonds is 7. The van der Waals surface area contributed by atoms with Crippen molar-refractivity contribution in [1.29, 1.82) is 0 Å². The van der Waals surface area contributed by atoms with Crippen LogP contribution in [-0.4, -0.2) is 42.3 Å². The molecule has 0 spiro atoms. The van der Waals surface area contributed by atoms with E-state index in [9.17, 15) is 14.4 Å². The zero-order valence-electron chi connectivity index (χ0n) is 14.8. The van der Waals surface area contributed by atoms with Gasteiger partial charge in [-0.1, -0.05) is 30.3 Å². The fraction of sp³-hybridized carbons (Fsp3) is 0.250. The highest BCUT2D eigenvalue weighted by atomic mass is 35.5. The molecule has 0 radical (unpaired) electrons. The molecule has 6 nitrogen and oxygen atoms in total. The second-order valence-corrected chi connectivity index (χ2v) is 6.16. The van der Waals surface area contributed by atoms with Crippen LogP contribution in [0.25, 0.3) is 0 Å². The Hall–Kier alpha value is -2.70. The van der Waals surface area contributed by atoms with E-state index < -0.39 is 0 Å². The summed E-state index contributed by atoms with van der Waals surface area (Å²) in [5.41, 5.74) is 7.47. The van der Waals surface area contributed by atoms with Gasteiger partial charge in [0.25, 0.3) is 17.7 Å². The molecule has 7 heteroatoms. The van der Waals surface area contributed by atoms with E-state index in [1.165, 1.54) is 11.0 Å². The number of hydrogen-bond donors (Lipinski definition) is 2. The lowest BCUT2D eigenvalue weighted by molar-refractivity contribution is 0.0656. The van der Waals surface area contributed by atoms with Crippen LogP contribution in [0.4, 0.5) is 0 Å². The molecule has 0 aromatic heterocycles. The van der Waals surface area contributed by atoms with Crippen LogP contribution < -0.4 is 11.1 Å². The van der Waals surface area contributed by atoms with Crippen molar-refractivity contribution >= 4 is 30.1 Å². The van der Waals surface area contributed by atoms with Crippen molar-refractivity contribution in [3.8, 4) is 0 Å². The Morgan fingerprint density at radius 2 is 1.70 bits per heavy atom. The molecule has 2 aromatic carbocycles. The van der Waals surface area contributed by atoms with Gasteiger partial charge >= 0.3 is 0 Å². The molecular formula is C20H22ClN3O3. The van der Waals surface area contributed by atoms with Crippen LogP contribution >= 0.6 is 12.4 Å². The third-order valence-electron chi connectivity index (χ3n) is 4.37. The first-order chi connectivity index (χ1) is 12.6. The van der Waals surface area contributed by atoms with E-state index in [-0.39, 0.29) is 35.7 Å². The number of nitrogens with two attached hydrogens (primary N) is 1. The summed E-state index contributed by atoms with van der Waals surface area (Å²) in [6, 6.07) is 14.3. The Kier molecular flexibility index (Phi) is 7.10. The summed E-state index contributed by atoms with van der Waals surface area (Å²) in [5.74, 6) is -0.933. The normalized spacial score (nSPS) is 12.6. The predicted molar refractivity (Wildman–Crippen MR) is 105 cm³/mol. The molecule has 142 valence electrons. The molecule has 0 saturated carbocycles. The molecule has 27 heavy (non-hydrogen) atoms. The highest BCUT2D eigenvalue weighted by molar-refractivity contribution is 6.22. The molecule has 0 unspecified atom stereocenters. The zero-order valence-corrected chi connectivity index (χ0v) is 15.6. The van der Waals surface area contributed by atoms with Crippen LogP contribution in [-0.2, 0) is 6.42 Å². The molecule has 0 aliphatic carbocycles. The molecule has 1 aliphatic rings. The van der Waals surface area contributed by atoms with Crippen molar-refractivity contribution in [2.24, 2.45) is 5.73 Å². The first-order valence-electron chi connectivity index (χ1n) is 8.64. The Morgan fingerprint density at radius 3 is 2.41 bits per heavy atom. The van der Waals surface area contributed by atoms with Crippen LogP contribution in [0, 0.1) is 0 Å². The number of carbonyl (C=O) groups is 3. The molecule has 1 heterocycles. The van der Waals surface area contributed by atoms with Gasteiger partial charge in [0.15, 0.2) is 0 Å².